The minimum atomic E-state index is -3.32. The molecule has 0 saturated carbocycles. The number of thioether (sulfide) groups is 1. The van der Waals surface area contributed by atoms with Crippen molar-refractivity contribution in [2.24, 2.45) is 0 Å². The zero-order chi connectivity index (χ0) is 29.6. The van der Waals surface area contributed by atoms with E-state index in [0.29, 0.717) is 37.2 Å². The van der Waals surface area contributed by atoms with Crippen LogP contribution in [0.2, 0.25) is 0 Å². The second-order valence-corrected chi connectivity index (χ2v) is 14.0. The Morgan fingerprint density at radius 1 is 1.02 bits per heavy atom. The first-order valence-electron chi connectivity index (χ1n) is 13.8. The van der Waals surface area contributed by atoms with Gasteiger partial charge in [-0.2, -0.15) is 11.8 Å². The number of hydrogen-bond acceptors (Lipinski definition) is 6. The molecular weight excluding hydrogens is 556 g/mol. The maximum absolute atomic E-state index is 13.4. The Hall–Kier alpha value is -3.14. The maximum Gasteiger partial charge on any atom is 0.326 e. The molecule has 0 bridgehead atoms. The molecule has 9 heteroatoms. The molecule has 1 fully saturated rings. The number of aryl methyl sites for hydroxylation is 1. The summed E-state index contributed by atoms with van der Waals surface area (Å²) in [5.41, 5.74) is 4.80. The fourth-order valence-electron chi connectivity index (χ4n) is 5.40. The average molecular weight is 595 g/mol. The predicted molar refractivity (Wildman–Crippen MR) is 166 cm³/mol. The van der Waals surface area contributed by atoms with Gasteiger partial charge in [0.2, 0.25) is 0 Å². The highest BCUT2D eigenvalue weighted by Gasteiger charge is 2.37. The third-order valence-corrected chi connectivity index (χ3v) is 10.5. The molecular formula is C32H38N2O5S2. The number of nitrogens with one attached hydrogen (secondary N) is 1. The summed E-state index contributed by atoms with van der Waals surface area (Å²) < 4.78 is 26.5. The number of carboxylic acid groups (broad SMARTS) is 1. The van der Waals surface area contributed by atoms with E-state index in [-0.39, 0.29) is 11.8 Å². The van der Waals surface area contributed by atoms with Crippen LogP contribution in [-0.4, -0.2) is 66.2 Å². The standard InChI is InChI=1S/C32H38N2O5S2/c1-22-9-7-8-12-27(22)29-18-25(13-14-28(29)31(35)33-30(32(36)37)15-16-40-3)19-34-20-26(17-23(34)2)41(38,39)21-24-10-5-4-6-11-24/h4-14,18,23,26,30H,15-17,19-21H2,1-3H3,(H,33,35)(H,36,37). The van der Waals surface area contributed by atoms with Gasteiger partial charge >= 0.3 is 5.97 Å². The van der Waals surface area contributed by atoms with Gasteiger partial charge in [-0.3, -0.25) is 9.69 Å². The summed E-state index contributed by atoms with van der Waals surface area (Å²) in [6, 6.07) is 21.8. The molecule has 3 aromatic rings. The number of aliphatic carboxylic acids is 1. The quantitative estimate of drug-likeness (QED) is 0.298. The molecule has 1 aliphatic rings. The largest absolute Gasteiger partial charge is 0.480 e. The summed E-state index contributed by atoms with van der Waals surface area (Å²) in [7, 11) is -3.32. The Morgan fingerprint density at radius 2 is 1.73 bits per heavy atom. The van der Waals surface area contributed by atoms with E-state index in [2.05, 4.69) is 17.1 Å². The van der Waals surface area contributed by atoms with Gasteiger partial charge in [-0.15, -0.1) is 0 Å². The van der Waals surface area contributed by atoms with E-state index in [1.54, 1.807) is 6.07 Å². The van der Waals surface area contributed by atoms with E-state index in [9.17, 15) is 23.1 Å². The third-order valence-electron chi connectivity index (χ3n) is 7.75. The van der Waals surface area contributed by atoms with Gasteiger partial charge in [0, 0.05) is 24.7 Å². The summed E-state index contributed by atoms with van der Waals surface area (Å²) in [4.78, 5) is 27.4. The lowest BCUT2D eigenvalue weighted by atomic mass is 9.93. The molecule has 7 nitrogen and oxygen atoms in total. The first-order chi connectivity index (χ1) is 19.6. The summed E-state index contributed by atoms with van der Waals surface area (Å²) in [5.74, 6) is -0.822. The van der Waals surface area contributed by atoms with Crippen LogP contribution in [0, 0.1) is 6.92 Å². The second-order valence-electron chi connectivity index (χ2n) is 10.8. The number of amides is 1. The van der Waals surface area contributed by atoms with Crippen molar-refractivity contribution >= 4 is 33.5 Å². The molecule has 1 amide bonds. The summed E-state index contributed by atoms with van der Waals surface area (Å²) in [6.45, 7) is 5.04. The Balaban J connectivity index is 1.57. The molecule has 1 heterocycles. The number of sulfone groups is 1. The highest BCUT2D eigenvalue weighted by Crippen LogP contribution is 2.31. The second kappa shape index (κ2) is 13.7. The highest BCUT2D eigenvalue weighted by atomic mass is 32.2. The number of carbonyl (C=O) groups excluding carboxylic acids is 1. The minimum absolute atomic E-state index is 0.0363. The number of likely N-dealkylation sites (tertiary alicyclic amines) is 1. The molecule has 0 aromatic heterocycles. The van der Waals surface area contributed by atoms with Crippen LogP contribution in [-0.2, 0) is 26.9 Å². The number of rotatable bonds is 12. The number of benzene rings is 3. The Kier molecular flexibility index (Phi) is 10.3. The van der Waals surface area contributed by atoms with Crippen molar-refractivity contribution < 1.29 is 23.1 Å². The van der Waals surface area contributed by atoms with Gasteiger partial charge in [-0.25, -0.2) is 13.2 Å². The van der Waals surface area contributed by atoms with E-state index in [4.69, 9.17) is 0 Å². The van der Waals surface area contributed by atoms with Crippen molar-refractivity contribution in [3.63, 3.8) is 0 Å². The Labute approximate surface area is 247 Å². The normalized spacial score (nSPS) is 18.2. The molecule has 2 N–H and O–H groups in total. The molecule has 3 aromatic carbocycles. The van der Waals surface area contributed by atoms with Crippen LogP contribution in [0.5, 0.6) is 0 Å². The average Bonchev–Trinajstić information content (AvgIpc) is 3.32. The zero-order valence-electron chi connectivity index (χ0n) is 23.7. The molecule has 3 atom stereocenters. The lowest BCUT2D eigenvalue weighted by molar-refractivity contribution is -0.139. The van der Waals surface area contributed by atoms with Crippen LogP contribution in [0.4, 0.5) is 0 Å². The fraction of sp³-hybridized carbons (Fsp3) is 0.375. The zero-order valence-corrected chi connectivity index (χ0v) is 25.4. The van der Waals surface area contributed by atoms with Gasteiger partial charge in [-0.05, 0) is 78.6 Å². The van der Waals surface area contributed by atoms with Gasteiger partial charge < -0.3 is 10.4 Å². The third kappa shape index (κ3) is 7.78. The van der Waals surface area contributed by atoms with Crippen LogP contribution in [0.25, 0.3) is 11.1 Å². The molecule has 41 heavy (non-hydrogen) atoms. The van der Waals surface area contributed by atoms with Crippen molar-refractivity contribution in [2.75, 3.05) is 18.6 Å². The molecule has 218 valence electrons. The van der Waals surface area contributed by atoms with E-state index in [1.165, 1.54) is 11.8 Å². The maximum atomic E-state index is 13.4. The Morgan fingerprint density at radius 3 is 2.41 bits per heavy atom. The highest BCUT2D eigenvalue weighted by molar-refractivity contribution is 7.98. The predicted octanol–water partition coefficient (Wildman–Crippen LogP) is 5.18. The number of hydrogen-bond donors (Lipinski definition) is 2. The van der Waals surface area contributed by atoms with Crippen LogP contribution >= 0.6 is 11.8 Å². The van der Waals surface area contributed by atoms with Crippen LogP contribution in [0.3, 0.4) is 0 Å². The molecule has 1 saturated heterocycles. The van der Waals surface area contributed by atoms with Crippen molar-refractivity contribution in [1.82, 2.24) is 10.2 Å². The van der Waals surface area contributed by atoms with Crippen molar-refractivity contribution in [1.29, 1.82) is 0 Å². The molecule has 0 radical (unpaired) electrons. The monoisotopic (exact) mass is 594 g/mol. The first-order valence-corrected chi connectivity index (χ1v) is 16.9. The lowest BCUT2D eigenvalue weighted by Gasteiger charge is -2.22. The first kappa shape index (κ1) is 30.8. The lowest BCUT2D eigenvalue weighted by Crippen LogP contribution is -2.41. The van der Waals surface area contributed by atoms with Crippen molar-refractivity contribution in [3.05, 3.63) is 95.1 Å². The van der Waals surface area contributed by atoms with Gasteiger partial charge in [0.15, 0.2) is 9.84 Å². The summed E-state index contributed by atoms with van der Waals surface area (Å²) in [5, 5.41) is 11.9. The van der Waals surface area contributed by atoms with E-state index >= 15 is 0 Å². The number of carboxylic acids is 1. The Bertz CT molecular complexity index is 1480. The van der Waals surface area contributed by atoms with Crippen LogP contribution < -0.4 is 5.32 Å². The smallest absolute Gasteiger partial charge is 0.326 e. The number of nitrogens with zero attached hydrogens (tertiary/aromatic N) is 1. The molecule has 3 unspecified atom stereocenters. The van der Waals surface area contributed by atoms with E-state index in [0.717, 1.165) is 27.8 Å². The van der Waals surface area contributed by atoms with Gasteiger partial charge in [-0.1, -0.05) is 60.7 Å². The van der Waals surface area contributed by atoms with Gasteiger partial charge in [0.1, 0.15) is 6.04 Å². The van der Waals surface area contributed by atoms with Crippen molar-refractivity contribution in [2.45, 2.75) is 56.3 Å². The molecule has 4 rings (SSSR count). The molecule has 0 spiro atoms. The van der Waals surface area contributed by atoms with Crippen molar-refractivity contribution in [3.8, 4) is 11.1 Å². The van der Waals surface area contributed by atoms with Crippen LogP contribution in [0.15, 0.2) is 72.8 Å². The molecule has 0 aliphatic carbocycles. The number of carbonyl (C=O) groups is 2. The minimum Gasteiger partial charge on any atom is -0.480 e. The van der Waals surface area contributed by atoms with E-state index < -0.39 is 33.0 Å². The van der Waals surface area contributed by atoms with Gasteiger partial charge in [0.25, 0.3) is 5.91 Å². The van der Waals surface area contributed by atoms with E-state index in [1.807, 2.05) is 79.9 Å². The summed E-state index contributed by atoms with van der Waals surface area (Å²) in [6.07, 6.45) is 2.81. The topological polar surface area (TPSA) is 104 Å². The van der Waals surface area contributed by atoms with Gasteiger partial charge in [0.05, 0.1) is 11.0 Å². The molecule has 1 aliphatic heterocycles. The summed E-state index contributed by atoms with van der Waals surface area (Å²) >= 11 is 1.53. The fourth-order valence-corrected chi connectivity index (χ4v) is 7.75. The SMILES string of the molecule is CSCCC(NC(=O)c1ccc(CN2CC(S(=O)(=O)Cc3ccccc3)CC2C)cc1-c1ccccc1C)C(=O)O. The van der Waals surface area contributed by atoms with Crippen LogP contribution in [0.1, 0.15) is 46.8 Å².